The molecule has 0 bridgehead atoms. The molecule has 0 aliphatic carbocycles. The van der Waals surface area contributed by atoms with Gasteiger partial charge in [-0.05, 0) is 43.2 Å². The maximum Gasteiger partial charge on any atom is 0.274 e. The van der Waals surface area contributed by atoms with E-state index in [1.54, 1.807) is 22.6 Å². The van der Waals surface area contributed by atoms with E-state index in [1.807, 2.05) is 32.2 Å². The number of imidazole rings is 1. The predicted molar refractivity (Wildman–Crippen MR) is 91.6 cm³/mol. The fraction of sp³-hybridized carbons (Fsp3) is 0.118. The maximum atomic E-state index is 12.6. The third kappa shape index (κ3) is 2.79. The molecule has 24 heavy (non-hydrogen) atoms. The number of benzene rings is 1. The molecule has 0 saturated carbocycles. The van der Waals surface area contributed by atoms with E-state index in [0.717, 1.165) is 11.1 Å². The number of amides is 1. The van der Waals surface area contributed by atoms with Crippen molar-refractivity contribution in [2.75, 3.05) is 5.32 Å². The molecule has 4 N–H and O–H groups in total. The van der Waals surface area contributed by atoms with Gasteiger partial charge in [0.25, 0.3) is 5.91 Å². The molecular weight excluding hydrogens is 306 g/mol. The number of aryl methyl sites for hydroxylation is 2. The average molecular weight is 323 g/mol. The van der Waals surface area contributed by atoms with Crippen LogP contribution in [0, 0.1) is 13.8 Å². The van der Waals surface area contributed by atoms with Crippen LogP contribution in [0.5, 0.6) is 0 Å². The zero-order valence-electron chi connectivity index (χ0n) is 13.3. The van der Waals surface area contributed by atoms with Crippen LogP contribution in [0.15, 0.2) is 47.9 Å². The summed E-state index contributed by atoms with van der Waals surface area (Å²) in [5, 5.41) is 14.6. The first-order chi connectivity index (χ1) is 11.5. The highest BCUT2D eigenvalue weighted by Crippen LogP contribution is 2.18. The fourth-order valence-corrected chi connectivity index (χ4v) is 2.41. The first-order valence-corrected chi connectivity index (χ1v) is 7.33. The van der Waals surface area contributed by atoms with Crippen molar-refractivity contribution in [2.45, 2.75) is 13.8 Å². The Labute approximate surface area is 138 Å². The van der Waals surface area contributed by atoms with Crippen molar-refractivity contribution >= 4 is 23.1 Å². The number of hydrogen-bond acceptors (Lipinski definition) is 4. The Hall–Kier alpha value is -3.35. The summed E-state index contributed by atoms with van der Waals surface area (Å²) in [4.78, 5) is 16.8. The van der Waals surface area contributed by atoms with E-state index in [0.29, 0.717) is 22.6 Å². The number of nitrogens with one attached hydrogen (secondary N) is 1. The minimum Gasteiger partial charge on any atom is -0.409 e. The van der Waals surface area contributed by atoms with Gasteiger partial charge in [0.15, 0.2) is 5.84 Å². The van der Waals surface area contributed by atoms with E-state index in [1.165, 1.54) is 6.20 Å². The Balaban J connectivity index is 1.94. The molecule has 0 aliphatic heterocycles. The van der Waals surface area contributed by atoms with Crippen LogP contribution in [0.2, 0.25) is 0 Å². The number of oxime groups is 1. The van der Waals surface area contributed by atoms with E-state index in [9.17, 15) is 4.79 Å². The van der Waals surface area contributed by atoms with Crippen molar-refractivity contribution in [1.82, 2.24) is 9.38 Å². The quantitative estimate of drug-likeness (QED) is 0.298. The number of nitrogens with zero attached hydrogens (tertiary/aromatic N) is 3. The van der Waals surface area contributed by atoms with Gasteiger partial charge in [-0.15, -0.1) is 0 Å². The number of amidine groups is 1. The summed E-state index contributed by atoms with van der Waals surface area (Å²) in [6.07, 6.45) is 3.35. The molecule has 122 valence electrons. The van der Waals surface area contributed by atoms with Gasteiger partial charge in [-0.2, -0.15) is 0 Å². The monoisotopic (exact) mass is 323 g/mol. The van der Waals surface area contributed by atoms with Crippen LogP contribution in [-0.4, -0.2) is 26.3 Å². The van der Waals surface area contributed by atoms with Gasteiger partial charge >= 0.3 is 0 Å². The summed E-state index contributed by atoms with van der Waals surface area (Å²) >= 11 is 0. The minimum absolute atomic E-state index is 0.0178. The standard InChI is InChI=1S/C17H17N5O2/c1-10-5-6-22-14(9-19-15(22)7-10)17(23)20-13-8-12(16(18)21-24)4-3-11(13)2/h3-9,24H,1-2H3,(H2,18,21)(H,20,23). The molecule has 1 aromatic carbocycles. The van der Waals surface area contributed by atoms with Crippen LogP contribution < -0.4 is 11.1 Å². The second-order valence-corrected chi connectivity index (χ2v) is 5.54. The molecule has 2 heterocycles. The molecule has 2 aromatic heterocycles. The summed E-state index contributed by atoms with van der Waals surface area (Å²) in [5.41, 5.74) is 9.78. The molecule has 0 aliphatic rings. The van der Waals surface area contributed by atoms with Gasteiger partial charge in [0.1, 0.15) is 11.3 Å². The molecule has 0 atom stereocenters. The second kappa shape index (κ2) is 6.04. The maximum absolute atomic E-state index is 12.6. The van der Waals surface area contributed by atoms with Gasteiger partial charge in [0, 0.05) is 17.4 Å². The third-order valence-electron chi connectivity index (χ3n) is 3.79. The summed E-state index contributed by atoms with van der Waals surface area (Å²) < 4.78 is 1.73. The number of fused-ring (bicyclic) bond motifs is 1. The Morgan fingerprint density at radius 3 is 2.83 bits per heavy atom. The number of pyridine rings is 1. The smallest absolute Gasteiger partial charge is 0.274 e. The van der Waals surface area contributed by atoms with Crippen LogP contribution in [0.1, 0.15) is 27.2 Å². The van der Waals surface area contributed by atoms with Crippen LogP contribution in [0.25, 0.3) is 5.65 Å². The summed E-state index contributed by atoms with van der Waals surface area (Å²) in [6.45, 7) is 3.83. The van der Waals surface area contributed by atoms with Crippen molar-refractivity contribution in [3.63, 3.8) is 0 Å². The fourth-order valence-electron chi connectivity index (χ4n) is 2.41. The predicted octanol–water partition coefficient (Wildman–Crippen LogP) is 2.30. The summed E-state index contributed by atoms with van der Waals surface area (Å²) in [7, 11) is 0. The molecule has 0 spiro atoms. The van der Waals surface area contributed by atoms with Crippen LogP contribution in [-0.2, 0) is 0 Å². The number of aromatic nitrogens is 2. The molecule has 0 fully saturated rings. The average Bonchev–Trinajstić information content (AvgIpc) is 2.99. The van der Waals surface area contributed by atoms with E-state index in [-0.39, 0.29) is 11.7 Å². The SMILES string of the molecule is Cc1ccn2c(C(=O)Nc3cc(/C(N)=N/O)ccc3C)cnc2c1. The molecule has 0 radical (unpaired) electrons. The molecule has 0 unspecified atom stereocenters. The largest absolute Gasteiger partial charge is 0.409 e. The van der Waals surface area contributed by atoms with E-state index < -0.39 is 0 Å². The molecule has 7 heteroatoms. The van der Waals surface area contributed by atoms with E-state index in [4.69, 9.17) is 10.9 Å². The van der Waals surface area contributed by atoms with Crippen molar-refractivity contribution in [3.8, 4) is 0 Å². The molecular formula is C17H17N5O2. The topological polar surface area (TPSA) is 105 Å². The molecule has 7 nitrogen and oxygen atoms in total. The van der Waals surface area contributed by atoms with Gasteiger partial charge < -0.3 is 16.3 Å². The Kier molecular flexibility index (Phi) is 3.91. The second-order valence-electron chi connectivity index (χ2n) is 5.54. The number of rotatable bonds is 3. The first kappa shape index (κ1) is 15.5. The number of carbonyl (C=O) groups is 1. The Morgan fingerprint density at radius 1 is 1.29 bits per heavy atom. The molecule has 0 saturated heterocycles. The van der Waals surface area contributed by atoms with E-state index >= 15 is 0 Å². The number of nitrogens with two attached hydrogens (primary N) is 1. The van der Waals surface area contributed by atoms with Crippen molar-refractivity contribution in [3.05, 3.63) is 65.1 Å². The minimum atomic E-state index is -0.286. The van der Waals surface area contributed by atoms with E-state index in [2.05, 4.69) is 15.5 Å². The van der Waals surface area contributed by atoms with Gasteiger partial charge in [0.05, 0.1) is 6.20 Å². The molecule has 1 amide bonds. The van der Waals surface area contributed by atoms with Crippen LogP contribution in [0.3, 0.4) is 0 Å². The van der Waals surface area contributed by atoms with Gasteiger partial charge in [-0.25, -0.2) is 4.98 Å². The van der Waals surface area contributed by atoms with Gasteiger partial charge in [-0.3, -0.25) is 9.20 Å². The van der Waals surface area contributed by atoms with Crippen LogP contribution >= 0.6 is 0 Å². The van der Waals surface area contributed by atoms with Gasteiger partial charge in [-0.1, -0.05) is 17.3 Å². The highest BCUT2D eigenvalue weighted by atomic mass is 16.4. The highest BCUT2D eigenvalue weighted by Gasteiger charge is 2.14. The first-order valence-electron chi connectivity index (χ1n) is 7.33. The number of hydrogen-bond donors (Lipinski definition) is 3. The normalized spacial score (nSPS) is 11.7. The lowest BCUT2D eigenvalue weighted by atomic mass is 10.1. The van der Waals surface area contributed by atoms with Gasteiger partial charge in [0.2, 0.25) is 0 Å². The third-order valence-corrected chi connectivity index (χ3v) is 3.79. The van der Waals surface area contributed by atoms with Crippen molar-refractivity contribution in [1.29, 1.82) is 0 Å². The highest BCUT2D eigenvalue weighted by molar-refractivity contribution is 6.05. The van der Waals surface area contributed by atoms with Crippen molar-refractivity contribution < 1.29 is 10.0 Å². The zero-order valence-corrected chi connectivity index (χ0v) is 13.3. The Morgan fingerprint density at radius 2 is 2.08 bits per heavy atom. The van der Waals surface area contributed by atoms with Crippen LogP contribution in [0.4, 0.5) is 5.69 Å². The lowest BCUT2D eigenvalue weighted by Gasteiger charge is -2.10. The van der Waals surface area contributed by atoms with Crippen molar-refractivity contribution in [2.24, 2.45) is 10.9 Å². The summed E-state index contributed by atoms with van der Waals surface area (Å²) in [6, 6.07) is 8.99. The number of anilines is 1. The molecule has 3 rings (SSSR count). The Bertz CT molecular complexity index is 959. The number of carbonyl (C=O) groups excluding carboxylic acids is 1. The lowest BCUT2D eigenvalue weighted by molar-refractivity contribution is 0.102. The summed E-state index contributed by atoms with van der Waals surface area (Å²) in [5.74, 6) is -0.304. The zero-order chi connectivity index (χ0) is 17.3. The lowest BCUT2D eigenvalue weighted by Crippen LogP contribution is -2.17. The molecule has 3 aromatic rings.